The number of aliphatic imine (C=N–C) groups is 1. The third-order valence-corrected chi connectivity index (χ3v) is 4.94. The SMILES string of the molecule is COc1cc(-c2nc3cc(C)ccn3c2N=Cc2ccc3c(c2)OCO3)ccc1O. The van der Waals surface area contributed by atoms with Gasteiger partial charge in [-0.2, -0.15) is 0 Å². The van der Waals surface area contributed by atoms with E-state index in [1.807, 2.05) is 47.9 Å². The molecule has 4 aromatic rings. The Morgan fingerprint density at radius 1 is 1.10 bits per heavy atom. The van der Waals surface area contributed by atoms with Gasteiger partial charge in [-0.05, 0) is 66.6 Å². The van der Waals surface area contributed by atoms with Crippen LogP contribution in [0.15, 0.2) is 59.7 Å². The van der Waals surface area contributed by atoms with Crippen LogP contribution in [0, 0.1) is 6.92 Å². The van der Waals surface area contributed by atoms with Gasteiger partial charge in [0.2, 0.25) is 6.79 Å². The minimum Gasteiger partial charge on any atom is -0.504 e. The highest BCUT2D eigenvalue weighted by molar-refractivity contribution is 5.86. The van der Waals surface area contributed by atoms with Crippen LogP contribution in [0.3, 0.4) is 0 Å². The van der Waals surface area contributed by atoms with Gasteiger partial charge >= 0.3 is 0 Å². The molecule has 0 radical (unpaired) electrons. The number of benzene rings is 2. The third kappa shape index (κ3) is 3.10. The Kier molecular flexibility index (Phi) is 4.28. The Labute approximate surface area is 172 Å². The molecule has 2 aromatic carbocycles. The van der Waals surface area contributed by atoms with Gasteiger partial charge in [0.15, 0.2) is 28.8 Å². The average Bonchev–Trinajstić information content (AvgIpc) is 3.36. The molecule has 0 aliphatic carbocycles. The number of nitrogens with zero attached hydrogens (tertiary/aromatic N) is 3. The van der Waals surface area contributed by atoms with E-state index in [0.29, 0.717) is 23.0 Å². The van der Waals surface area contributed by atoms with E-state index in [1.165, 1.54) is 7.11 Å². The lowest BCUT2D eigenvalue weighted by Gasteiger charge is -2.06. The number of phenolic OH excluding ortho intramolecular Hbond substituents is 1. The van der Waals surface area contributed by atoms with Crippen molar-refractivity contribution in [1.82, 2.24) is 9.38 Å². The van der Waals surface area contributed by atoms with Gasteiger partial charge in [0.05, 0.1) is 7.11 Å². The lowest BCUT2D eigenvalue weighted by atomic mass is 10.1. The number of fused-ring (bicyclic) bond motifs is 2. The Hall–Kier alpha value is -4.00. The molecule has 0 amide bonds. The van der Waals surface area contributed by atoms with Crippen LogP contribution in [0.1, 0.15) is 11.1 Å². The number of aryl methyl sites for hydroxylation is 1. The number of phenols is 1. The quantitative estimate of drug-likeness (QED) is 0.510. The van der Waals surface area contributed by atoms with Gasteiger partial charge in [-0.3, -0.25) is 4.40 Å². The summed E-state index contributed by atoms with van der Waals surface area (Å²) in [6, 6.07) is 14.8. The van der Waals surface area contributed by atoms with Crippen molar-refractivity contribution < 1.29 is 19.3 Å². The number of ether oxygens (including phenoxy) is 3. The fourth-order valence-corrected chi connectivity index (χ4v) is 3.40. The second-order valence-electron chi connectivity index (χ2n) is 6.97. The molecule has 0 fully saturated rings. The predicted octanol–water partition coefficient (Wildman–Crippen LogP) is 4.50. The summed E-state index contributed by atoms with van der Waals surface area (Å²) in [5.41, 5.74) is 4.26. The van der Waals surface area contributed by atoms with Crippen molar-refractivity contribution in [3.63, 3.8) is 0 Å². The van der Waals surface area contributed by atoms with Crippen molar-refractivity contribution >= 4 is 17.7 Å². The minimum atomic E-state index is 0.0752. The first-order valence-electron chi connectivity index (χ1n) is 9.42. The number of rotatable bonds is 4. The van der Waals surface area contributed by atoms with E-state index in [0.717, 1.165) is 28.1 Å². The summed E-state index contributed by atoms with van der Waals surface area (Å²) in [5, 5.41) is 9.95. The molecule has 1 aliphatic heterocycles. The molecule has 0 saturated carbocycles. The van der Waals surface area contributed by atoms with E-state index in [1.54, 1.807) is 24.4 Å². The van der Waals surface area contributed by atoms with E-state index in [4.69, 9.17) is 24.2 Å². The Bertz CT molecular complexity index is 1290. The maximum atomic E-state index is 9.95. The van der Waals surface area contributed by atoms with Crippen molar-refractivity contribution in [2.24, 2.45) is 4.99 Å². The molecule has 7 nitrogen and oxygen atoms in total. The molecule has 1 aliphatic rings. The van der Waals surface area contributed by atoms with E-state index < -0.39 is 0 Å². The lowest BCUT2D eigenvalue weighted by Crippen LogP contribution is -1.92. The molecule has 150 valence electrons. The summed E-state index contributed by atoms with van der Waals surface area (Å²) in [6.45, 7) is 2.25. The van der Waals surface area contributed by atoms with Crippen molar-refractivity contribution in [1.29, 1.82) is 0 Å². The lowest BCUT2D eigenvalue weighted by molar-refractivity contribution is 0.174. The summed E-state index contributed by atoms with van der Waals surface area (Å²) < 4.78 is 18.0. The van der Waals surface area contributed by atoms with E-state index in [-0.39, 0.29) is 12.5 Å². The maximum absolute atomic E-state index is 9.95. The Morgan fingerprint density at radius 3 is 2.83 bits per heavy atom. The summed E-state index contributed by atoms with van der Waals surface area (Å²) in [4.78, 5) is 9.54. The third-order valence-electron chi connectivity index (χ3n) is 4.94. The molecule has 0 unspecified atom stereocenters. The molecule has 5 rings (SSSR count). The Morgan fingerprint density at radius 2 is 1.97 bits per heavy atom. The summed E-state index contributed by atoms with van der Waals surface area (Å²) in [7, 11) is 1.52. The molecule has 0 spiro atoms. The fourth-order valence-electron chi connectivity index (χ4n) is 3.40. The number of methoxy groups -OCH3 is 1. The predicted molar refractivity (Wildman–Crippen MR) is 113 cm³/mol. The van der Waals surface area contributed by atoms with E-state index in [2.05, 4.69) is 0 Å². The van der Waals surface area contributed by atoms with Gasteiger partial charge < -0.3 is 19.3 Å². The topological polar surface area (TPSA) is 77.6 Å². The van der Waals surface area contributed by atoms with Crippen LogP contribution in [-0.2, 0) is 0 Å². The van der Waals surface area contributed by atoms with Crippen molar-refractivity contribution in [2.45, 2.75) is 6.92 Å². The molecule has 0 atom stereocenters. The molecule has 1 N–H and O–H groups in total. The fraction of sp³-hybridized carbons (Fsp3) is 0.130. The van der Waals surface area contributed by atoms with Crippen molar-refractivity contribution in [3.8, 4) is 34.3 Å². The smallest absolute Gasteiger partial charge is 0.231 e. The standard InChI is InChI=1S/C23H19N3O4/c1-14-7-8-26-21(9-14)25-22(16-4-5-17(27)19(11-16)28-2)23(26)24-12-15-3-6-18-20(10-15)30-13-29-18/h3-12,27H,13H2,1-2H3. The average molecular weight is 401 g/mol. The second-order valence-corrected chi connectivity index (χ2v) is 6.97. The number of imidazole rings is 1. The van der Waals surface area contributed by atoms with Gasteiger partial charge in [0.25, 0.3) is 0 Å². The maximum Gasteiger partial charge on any atom is 0.231 e. The van der Waals surface area contributed by atoms with Crippen molar-refractivity contribution in [3.05, 3.63) is 65.9 Å². The van der Waals surface area contributed by atoms with Crippen LogP contribution < -0.4 is 14.2 Å². The Balaban J connectivity index is 1.63. The molecule has 7 heteroatoms. The van der Waals surface area contributed by atoms with Crippen LogP contribution in [0.4, 0.5) is 5.82 Å². The largest absolute Gasteiger partial charge is 0.504 e. The molecule has 2 aromatic heterocycles. The first kappa shape index (κ1) is 18.1. The van der Waals surface area contributed by atoms with Crippen LogP contribution in [0.25, 0.3) is 16.9 Å². The zero-order chi connectivity index (χ0) is 20.7. The highest BCUT2D eigenvalue weighted by Crippen LogP contribution is 2.37. The van der Waals surface area contributed by atoms with Gasteiger partial charge in [0, 0.05) is 18.0 Å². The first-order valence-corrected chi connectivity index (χ1v) is 9.42. The first-order chi connectivity index (χ1) is 14.6. The van der Waals surface area contributed by atoms with Crippen LogP contribution in [0.2, 0.25) is 0 Å². The zero-order valence-electron chi connectivity index (χ0n) is 16.5. The summed E-state index contributed by atoms with van der Waals surface area (Å²) in [5.74, 6) is 2.57. The summed E-state index contributed by atoms with van der Waals surface area (Å²) in [6.07, 6.45) is 3.72. The van der Waals surface area contributed by atoms with Gasteiger partial charge in [-0.15, -0.1) is 0 Å². The number of aromatic hydroxyl groups is 1. The number of pyridine rings is 1. The molecule has 3 heterocycles. The second kappa shape index (κ2) is 7.11. The summed E-state index contributed by atoms with van der Waals surface area (Å²) >= 11 is 0. The van der Waals surface area contributed by atoms with Gasteiger partial charge in [-0.25, -0.2) is 9.98 Å². The van der Waals surface area contributed by atoms with Crippen molar-refractivity contribution in [2.75, 3.05) is 13.9 Å². The number of hydrogen-bond acceptors (Lipinski definition) is 6. The molecule has 0 bridgehead atoms. The number of hydrogen-bond donors (Lipinski definition) is 1. The molecular weight excluding hydrogens is 382 g/mol. The zero-order valence-corrected chi connectivity index (χ0v) is 16.5. The number of aromatic nitrogens is 2. The van der Waals surface area contributed by atoms with Crippen LogP contribution in [-0.4, -0.2) is 34.6 Å². The van der Waals surface area contributed by atoms with Crippen LogP contribution in [0.5, 0.6) is 23.0 Å². The van der Waals surface area contributed by atoms with Gasteiger partial charge in [-0.1, -0.05) is 0 Å². The van der Waals surface area contributed by atoms with E-state index in [9.17, 15) is 5.11 Å². The van der Waals surface area contributed by atoms with E-state index >= 15 is 0 Å². The monoisotopic (exact) mass is 401 g/mol. The minimum absolute atomic E-state index is 0.0752. The van der Waals surface area contributed by atoms with Gasteiger partial charge in [0.1, 0.15) is 11.3 Å². The highest BCUT2D eigenvalue weighted by atomic mass is 16.7. The molecule has 0 saturated heterocycles. The molecular formula is C23H19N3O4. The normalized spacial score (nSPS) is 12.7. The molecule has 30 heavy (non-hydrogen) atoms. The highest BCUT2D eigenvalue weighted by Gasteiger charge is 2.16. The van der Waals surface area contributed by atoms with Crippen LogP contribution >= 0.6 is 0 Å².